The number of nitrogens with one attached hydrogen (secondary N) is 1. The number of aromatic nitrogens is 1. The minimum atomic E-state index is -1.36. The summed E-state index contributed by atoms with van der Waals surface area (Å²) >= 11 is 0. The van der Waals surface area contributed by atoms with Crippen molar-refractivity contribution < 1.29 is 52.8 Å². The lowest BCUT2D eigenvalue weighted by Gasteiger charge is -2.36. The summed E-state index contributed by atoms with van der Waals surface area (Å²) in [7, 11) is 3.04. The van der Waals surface area contributed by atoms with Crippen LogP contribution in [0.3, 0.4) is 0 Å². The van der Waals surface area contributed by atoms with Gasteiger partial charge in [-0.15, -0.1) is 0 Å². The first kappa shape index (κ1) is 38.2. The molecule has 0 aliphatic carbocycles. The van der Waals surface area contributed by atoms with E-state index in [1.54, 1.807) is 24.3 Å². The fraction of sp³-hybridized carbons (Fsp3) is 0.457. The van der Waals surface area contributed by atoms with Gasteiger partial charge in [-0.2, -0.15) is 0 Å². The minimum absolute atomic E-state index is 0.138. The first-order valence-corrected chi connectivity index (χ1v) is 15.8. The number of ketones is 1. The molecule has 2 atom stereocenters. The molecule has 2 amide bonds. The molecule has 3 rings (SSSR count). The largest absolute Gasteiger partial charge is 0.493 e. The quantitative estimate of drug-likeness (QED) is 0.140. The summed E-state index contributed by atoms with van der Waals surface area (Å²) in [5, 5.41) is 11.5. The molecule has 2 N–H and O–H groups in total. The highest BCUT2D eigenvalue weighted by atomic mass is 16.5. The molecular formula is C35H43N3O11. The number of carboxylic acid groups (broad SMARTS) is 1. The molecule has 1 saturated heterocycles. The summed E-state index contributed by atoms with van der Waals surface area (Å²) in [5.74, 6) is -3.63. The number of carboxylic acids is 1. The topological polar surface area (TPSA) is 188 Å². The molecule has 1 aliphatic heterocycles. The van der Waals surface area contributed by atoms with Crippen LogP contribution in [0.15, 0.2) is 49.1 Å². The number of amides is 2. The number of benzene rings is 1. The van der Waals surface area contributed by atoms with Crippen LogP contribution in [0.2, 0.25) is 0 Å². The van der Waals surface area contributed by atoms with E-state index in [9.17, 15) is 28.8 Å². The number of piperidine rings is 1. The first-order valence-electron chi connectivity index (χ1n) is 15.8. The Morgan fingerprint density at radius 3 is 2.47 bits per heavy atom. The lowest BCUT2D eigenvalue weighted by molar-refractivity contribution is -0.165. The predicted octanol–water partition coefficient (Wildman–Crippen LogP) is 3.82. The number of hydrogen-bond donors (Lipinski definition) is 2. The second-order valence-corrected chi connectivity index (χ2v) is 12.1. The van der Waals surface area contributed by atoms with Gasteiger partial charge in [0.25, 0.3) is 5.91 Å². The number of aliphatic carboxylic acids is 1. The van der Waals surface area contributed by atoms with Crippen LogP contribution in [0.5, 0.6) is 11.5 Å². The van der Waals surface area contributed by atoms with E-state index in [1.807, 2.05) is 6.07 Å². The number of aryl methyl sites for hydroxylation is 1. The number of rotatable bonds is 17. The lowest BCUT2D eigenvalue weighted by Crippen LogP contribution is -2.53. The summed E-state index contributed by atoms with van der Waals surface area (Å²) in [5.41, 5.74) is -0.209. The van der Waals surface area contributed by atoms with Crippen LogP contribution in [0, 0.1) is 5.41 Å². The van der Waals surface area contributed by atoms with Crippen LogP contribution in [0.4, 0.5) is 5.82 Å². The van der Waals surface area contributed by atoms with E-state index in [0.717, 1.165) is 11.6 Å². The third kappa shape index (κ3) is 10.9. The molecule has 2 heterocycles. The maximum absolute atomic E-state index is 13.8. The number of anilines is 1. The number of Topliss-reactive ketones (excluding diaryl/α,β-unsaturated/α-hetero) is 1. The Morgan fingerprint density at radius 1 is 1.06 bits per heavy atom. The zero-order valence-electron chi connectivity index (χ0n) is 28.2. The van der Waals surface area contributed by atoms with Crippen molar-refractivity contribution in [2.75, 3.05) is 32.7 Å². The molecule has 1 fully saturated rings. The summed E-state index contributed by atoms with van der Waals surface area (Å²) in [6.45, 7) is 6.08. The summed E-state index contributed by atoms with van der Waals surface area (Å²) in [4.78, 5) is 81.1. The maximum atomic E-state index is 13.8. The standard InChI is InChI=1S/C35H43N3O11/c1-6-31(42)48-21-35(2,3)32(43)33(44)38-19-8-7-11-24(38)34(45)49-25(15-13-22-14-16-26(46-4)27(20-22)47-5)23-10-9-12-28(36-23)37-29(39)17-18-30(40)41/h6,9-10,12,14,16,20,24-25H,1,7-8,11,13,15,17-19,21H2,2-5H3,(H,40,41)(H,36,37,39)/t24?,25-/m1/s1. The number of likely N-dealkylation sites (tertiary alicyclic amines) is 1. The monoisotopic (exact) mass is 681 g/mol. The lowest BCUT2D eigenvalue weighted by atomic mass is 9.87. The number of hydrogen-bond acceptors (Lipinski definition) is 11. The smallest absolute Gasteiger partial charge is 0.330 e. The molecule has 0 saturated carbocycles. The van der Waals surface area contributed by atoms with E-state index < -0.39 is 53.1 Å². The zero-order chi connectivity index (χ0) is 36.1. The molecule has 264 valence electrons. The SMILES string of the molecule is C=CC(=O)OCC(C)(C)C(=O)C(=O)N1CCCCC1C(=O)O[C@H](CCc1ccc(OC)c(OC)c1)c1cccc(NC(=O)CCC(=O)O)n1. The van der Waals surface area contributed by atoms with E-state index >= 15 is 0 Å². The molecule has 14 nitrogen and oxygen atoms in total. The van der Waals surface area contributed by atoms with E-state index in [1.165, 1.54) is 39.0 Å². The van der Waals surface area contributed by atoms with Crippen molar-refractivity contribution in [1.82, 2.24) is 9.88 Å². The van der Waals surface area contributed by atoms with Gasteiger partial charge >= 0.3 is 17.9 Å². The highest BCUT2D eigenvalue weighted by Crippen LogP contribution is 2.31. The second-order valence-electron chi connectivity index (χ2n) is 12.1. The van der Waals surface area contributed by atoms with Crippen molar-refractivity contribution in [1.29, 1.82) is 0 Å². The van der Waals surface area contributed by atoms with E-state index in [2.05, 4.69) is 16.9 Å². The third-order valence-corrected chi connectivity index (χ3v) is 7.92. The Kier molecular flexibility index (Phi) is 13.8. The van der Waals surface area contributed by atoms with Crippen LogP contribution >= 0.6 is 0 Å². The van der Waals surface area contributed by atoms with Gasteiger partial charge in [0.1, 0.15) is 24.6 Å². The van der Waals surface area contributed by atoms with Crippen molar-refractivity contribution >= 4 is 41.3 Å². The van der Waals surface area contributed by atoms with Gasteiger partial charge in [0.2, 0.25) is 11.7 Å². The summed E-state index contributed by atoms with van der Waals surface area (Å²) in [6.07, 6.45) is 1.50. The highest BCUT2D eigenvalue weighted by molar-refractivity contribution is 6.38. The normalized spacial score (nSPS) is 14.9. The molecule has 2 aromatic rings. The number of carbonyl (C=O) groups is 6. The first-order chi connectivity index (χ1) is 23.3. The molecule has 1 aliphatic rings. The van der Waals surface area contributed by atoms with E-state index in [-0.39, 0.29) is 44.7 Å². The van der Waals surface area contributed by atoms with Crippen molar-refractivity contribution in [2.24, 2.45) is 5.41 Å². The number of nitrogens with zero attached hydrogens (tertiary/aromatic N) is 2. The highest BCUT2D eigenvalue weighted by Gasteiger charge is 2.42. The van der Waals surface area contributed by atoms with Gasteiger partial charge in [-0.3, -0.25) is 19.2 Å². The molecule has 0 bridgehead atoms. The average molecular weight is 682 g/mol. The fourth-order valence-corrected chi connectivity index (χ4v) is 5.16. The predicted molar refractivity (Wildman–Crippen MR) is 176 cm³/mol. The summed E-state index contributed by atoms with van der Waals surface area (Å²) in [6, 6.07) is 9.10. The number of pyridine rings is 1. The van der Waals surface area contributed by atoms with Gasteiger partial charge in [0, 0.05) is 19.0 Å². The van der Waals surface area contributed by atoms with Crippen LogP contribution in [0.1, 0.15) is 69.7 Å². The molecule has 1 aromatic carbocycles. The zero-order valence-corrected chi connectivity index (χ0v) is 28.2. The van der Waals surface area contributed by atoms with Gasteiger partial charge in [0.05, 0.1) is 31.7 Å². The second kappa shape index (κ2) is 17.8. The van der Waals surface area contributed by atoms with Crippen LogP contribution in [-0.2, 0) is 44.7 Å². The number of ether oxygens (including phenoxy) is 4. The Balaban J connectivity index is 1.86. The Hall–Kier alpha value is -5.27. The van der Waals surface area contributed by atoms with Crippen LogP contribution in [0.25, 0.3) is 0 Å². The average Bonchev–Trinajstić information content (AvgIpc) is 3.10. The number of methoxy groups -OCH3 is 2. The Morgan fingerprint density at radius 2 is 1.80 bits per heavy atom. The van der Waals surface area contributed by atoms with Gasteiger partial charge in [-0.25, -0.2) is 14.6 Å². The molecule has 1 unspecified atom stereocenters. The van der Waals surface area contributed by atoms with Crippen molar-refractivity contribution in [3.8, 4) is 11.5 Å². The van der Waals surface area contributed by atoms with E-state index in [0.29, 0.717) is 36.5 Å². The fourth-order valence-electron chi connectivity index (χ4n) is 5.16. The van der Waals surface area contributed by atoms with Crippen LogP contribution < -0.4 is 14.8 Å². The van der Waals surface area contributed by atoms with Crippen LogP contribution in [-0.4, -0.2) is 83.9 Å². The van der Waals surface area contributed by atoms with Gasteiger partial charge in [-0.05, 0) is 75.8 Å². The Labute approximate surface area is 284 Å². The van der Waals surface area contributed by atoms with Gasteiger partial charge < -0.3 is 34.3 Å². The maximum Gasteiger partial charge on any atom is 0.330 e. The molecule has 1 aromatic heterocycles. The van der Waals surface area contributed by atoms with Gasteiger partial charge in [-0.1, -0.05) is 18.7 Å². The minimum Gasteiger partial charge on any atom is -0.493 e. The van der Waals surface area contributed by atoms with Gasteiger partial charge in [0.15, 0.2) is 11.5 Å². The van der Waals surface area contributed by atoms with Crippen molar-refractivity contribution in [2.45, 2.75) is 70.9 Å². The Bertz CT molecular complexity index is 1550. The van der Waals surface area contributed by atoms with Crippen molar-refractivity contribution in [3.63, 3.8) is 0 Å². The molecular weight excluding hydrogens is 638 g/mol. The molecule has 49 heavy (non-hydrogen) atoms. The number of carbonyl (C=O) groups excluding carboxylic acids is 5. The molecule has 0 spiro atoms. The molecule has 0 radical (unpaired) electrons. The number of esters is 2. The van der Waals surface area contributed by atoms with Crippen molar-refractivity contribution in [3.05, 3.63) is 60.3 Å². The van der Waals surface area contributed by atoms with E-state index in [4.69, 9.17) is 24.1 Å². The third-order valence-electron chi connectivity index (χ3n) is 7.92. The molecule has 14 heteroatoms. The summed E-state index contributed by atoms with van der Waals surface area (Å²) < 4.78 is 21.8.